The van der Waals surface area contributed by atoms with Crippen LogP contribution in [0, 0.1) is 0 Å². The summed E-state index contributed by atoms with van der Waals surface area (Å²) in [5.41, 5.74) is 7.91. The highest BCUT2D eigenvalue weighted by molar-refractivity contribution is 5.51. The van der Waals surface area contributed by atoms with Crippen LogP contribution >= 0.6 is 0 Å². The Morgan fingerprint density at radius 3 is 2.82 bits per heavy atom. The second-order valence-electron chi connectivity index (χ2n) is 4.23. The third-order valence-electron chi connectivity index (χ3n) is 2.74. The van der Waals surface area contributed by atoms with Crippen molar-refractivity contribution in [3.8, 4) is 5.75 Å². The van der Waals surface area contributed by atoms with Gasteiger partial charge < -0.3 is 15.4 Å². The zero-order chi connectivity index (χ0) is 12.7. The van der Waals surface area contributed by atoms with Gasteiger partial charge in [0.15, 0.2) is 0 Å². The molecule has 0 saturated heterocycles. The van der Waals surface area contributed by atoms with E-state index >= 15 is 0 Å². The van der Waals surface area contributed by atoms with Gasteiger partial charge in [0.2, 0.25) is 0 Å². The number of nitrogen functional groups attached to an aromatic ring is 1. The fourth-order valence-electron chi connectivity index (χ4n) is 1.72. The Kier molecular flexibility index (Phi) is 5.57. The predicted molar refractivity (Wildman–Crippen MR) is 73.2 cm³/mol. The summed E-state index contributed by atoms with van der Waals surface area (Å²) in [7, 11) is 3.75. The van der Waals surface area contributed by atoms with E-state index in [0.717, 1.165) is 42.9 Å². The average Bonchev–Trinajstić information content (AvgIpc) is 2.32. The van der Waals surface area contributed by atoms with Crippen LogP contribution in [0.3, 0.4) is 0 Å². The van der Waals surface area contributed by atoms with Gasteiger partial charge in [-0.15, -0.1) is 6.58 Å². The van der Waals surface area contributed by atoms with Crippen LogP contribution in [0.25, 0.3) is 0 Å². The molecule has 0 heterocycles. The average molecular weight is 234 g/mol. The molecule has 1 rings (SSSR count). The summed E-state index contributed by atoms with van der Waals surface area (Å²) in [4.78, 5) is 2.27. The number of benzene rings is 1. The number of nitrogens with zero attached hydrogens (tertiary/aromatic N) is 1. The van der Waals surface area contributed by atoms with Crippen LogP contribution in [0.5, 0.6) is 5.75 Å². The summed E-state index contributed by atoms with van der Waals surface area (Å²) in [6, 6.07) is 5.84. The van der Waals surface area contributed by atoms with Gasteiger partial charge in [-0.3, -0.25) is 0 Å². The number of nitrogens with two attached hydrogens (primary N) is 1. The molecular weight excluding hydrogens is 212 g/mol. The van der Waals surface area contributed by atoms with Gasteiger partial charge in [0.05, 0.1) is 7.11 Å². The molecule has 1 aromatic carbocycles. The fourth-order valence-corrected chi connectivity index (χ4v) is 1.72. The fraction of sp³-hybridized carbons (Fsp3) is 0.429. The van der Waals surface area contributed by atoms with Crippen molar-refractivity contribution >= 4 is 5.69 Å². The first-order chi connectivity index (χ1) is 8.17. The highest BCUT2D eigenvalue weighted by Gasteiger charge is 2.04. The Morgan fingerprint density at radius 1 is 1.47 bits per heavy atom. The molecule has 0 atom stereocenters. The maximum absolute atomic E-state index is 5.98. The van der Waals surface area contributed by atoms with Crippen molar-refractivity contribution in [2.24, 2.45) is 0 Å². The minimum Gasteiger partial charge on any atom is -0.497 e. The molecule has 0 aliphatic heterocycles. The normalized spacial score (nSPS) is 10.5. The molecule has 94 valence electrons. The number of rotatable bonds is 7. The molecule has 17 heavy (non-hydrogen) atoms. The molecule has 0 amide bonds. The van der Waals surface area contributed by atoms with E-state index in [1.807, 2.05) is 24.3 Å². The van der Waals surface area contributed by atoms with Gasteiger partial charge in [-0.25, -0.2) is 0 Å². The molecule has 0 saturated carbocycles. The largest absolute Gasteiger partial charge is 0.497 e. The Hall–Kier alpha value is -1.48. The first-order valence-corrected chi connectivity index (χ1v) is 5.89. The number of ether oxygens (including phenoxy) is 1. The maximum Gasteiger partial charge on any atom is 0.120 e. The van der Waals surface area contributed by atoms with E-state index in [0.29, 0.717) is 0 Å². The molecule has 2 N–H and O–H groups in total. The number of anilines is 1. The summed E-state index contributed by atoms with van der Waals surface area (Å²) in [6.45, 7) is 5.64. The lowest BCUT2D eigenvalue weighted by molar-refractivity contribution is 0.323. The van der Waals surface area contributed by atoms with Crippen molar-refractivity contribution in [3.63, 3.8) is 0 Å². The lowest BCUT2D eigenvalue weighted by atomic mass is 10.1. The van der Waals surface area contributed by atoms with Crippen molar-refractivity contribution in [2.45, 2.75) is 19.4 Å². The second kappa shape index (κ2) is 6.97. The first kappa shape index (κ1) is 13.6. The van der Waals surface area contributed by atoms with Crippen LogP contribution in [-0.2, 0) is 6.54 Å². The molecular formula is C14H22N2O. The standard InChI is InChI=1S/C14H22N2O/c1-4-5-6-9-16(2)11-12-7-8-13(17-3)10-14(12)15/h4,7-8,10H,1,5-6,9,11,15H2,2-3H3. The lowest BCUT2D eigenvalue weighted by Crippen LogP contribution is -2.19. The van der Waals surface area contributed by atoms with Gasteiger partial charge in [0, 0.05) is 18.3 Å². The minimum absolute atomic E-state index is 0.792. The number of hydrogen-bond donors (Lipinski definition) is 1. The van der Waals surface area contributed by atoms with E-state index in [1.54, 1.807) is 7.11 Å². The van der Waals surface area contributed by atoms with E-state index in [-0.39, 0.29) is 0 Å². The third kappa shape index (κ3) is 4.49. The monoisotopic (exact) mass is 234 g/mol. The van der Waals surface area contributed by atoms with Crippen LogP contribution in [0.1, 0.15) is 18.4 Å². The lowest BCUT2D eigenvalue weighted by Gasteiger charge is -2.17. The van der Waals surface area contributed by atoms with Crippen LogP contribution in [-0.4, -0.2) is 25.6 Å². The zero-order valence-corrected chi connectivity index (χ0v) is 10.8. The molecule has 3 heteroatoms. The van der Waals surface area contributed by atoms with Gasteiger partial charge in [-0.2, -0.15) is 0 Å². The molecule has 0 radical (unpaired) electrons. The third-order valence-corrected chi connectivity index (χ3v) is 2.74. The molecule has 0 unspecified atom stereocenters. The minimum atomic E-state index is 0.792. The maximum atomic E-state index is 5.98. The Labute approximate surface area is 104 Å². The molecule has 3 nitrogen and oxygen atoms in total. The summed E-state index contributed by atoms with van der Waals surface area (Å²) in [5.74, 6) is 0.806. The summed E-state index contributed by atoms with van der Waals surface area (Å²) < 4.78 is 5.13. The van der Waals surface area contributed by atoms with Crippen LogP contribution in [0.15, 0.2) is 30.9 Å². The van der Waals surface area contributed by atoms with E-state index < -0.39 is 0 Å². The van der Waals surface area contributed by atoms with Gasteiger partial charge in [0.1, 0.15) is 5.75 Å². The highest BCUT2D eigenvalue weighted by Crippen LogP contribution is 2.20. The van der Waals surface area contributed by atoms with E-state index in [2.05, 4.69) is 18.5 Å². The number of unbranched alkanes of at least 4 members (excludes halogenated alkanes) is 1. The highest BCUT2D eigenvalue weighted by atomic mass is 16.5. The molecule has 0 aromatic heterocycles. The summed E-state index contributed by atoms with van der Waals surface area (Å²) in [5, 5.41) is 0. The van der Waals surface area contributed by atoms with Crippen LogP contribution < -0.4 is 10.5 Å². The second-order valence-corrected chi connectivity index (χ2v) is 4.23. The van der Waals surface area contributed by atoms with Crippen molar-refractivity contribution in [1.29, 1.82) is 0 Å². The zero-order valence-electron chi connectivity index (χ0n) is 10.8. The SMILES string of the molecule is C=CCCCN(C)Cc1ccc(OC)cc1N. The van der Waals surface area contributed by atoms with Crippen molar-refractivity contribution in [1.82, 2.24) is 4.90 Å². The van der Waals surface area contributed by atoms with Gasteiger partial charge in [-0.05, 0) is 38.1 Å². The number of methoxy groups -OCH3 is 1. The molecule has 0 aliphatic rings. The van der Waals surface area contributed by atoms with E-state index in [1.165, 1.54) is 0 Å². The molecule has 0 bridgehead atoms. The van der Waals surface area contributed by atoms with Crippen molar-refractivity contribution in [3.05, 3.63) is 36.4 Å². The number of hydrogen-bond acceptors (Lipinski definition) is 3. The van der Waals surface area contributed by atoms with Gasteiger partial charge >= 0.3 is 0 Å². The van der Waals surface area contributed by atoms with Gasteiger partial charge in [0.25, 0.3) is 0 Å². The Bertz CT molecular complexity index is 363. The topological polar surface area (TPSA) is 38.5 Å². The first-order valence-electron chi connectivity index (χ1n) is 5.89. The molecule has 0 fully saturated rings. The summed E-state index contributed by atoms with van der Waals surface area (Å²) in [6.07, 6.45) is 4.15. The van der Waals surface area contributed by atoms with Crippen molar-refractivity contribution in [2.75, 3.05) is 26.4 Å². The van der Waals surface area contributed by atoms with Crippen LogP contribution in [0.2, 0.25) is 0 Å². The Balaban J connectivity index is 2.52. The predicted octanol–water partition coefficient (Wildman–Crippen LogP) is 2.68. The molecule has 1 aromatic rings. The molecule has 0 aliphatic carbocycles. The molecule has 0 spiro atoms. The van der Waals surface area contributed by atoms with E-state index in [4.69, 9.17) is 10.5 Å². The van der Waals surface area contributed by atoms with Crippen molar-refractivity contribution < 1.29 is 4.74 Å². The Morgan fingerprint density at radius 2 is 2.24 bits per heavy atom. The van der Waals surface area contributed by atoms with E-state index in [9.17, 15) is 0 Å². The van der Waals surface area contributed by atoms with Crippen LogP contribution in [0.4, 0.5) is 5.69 Å². The number of allylic oxidation sites excluding steroid dienone is 1. The quantitative estimate of drug-likeness (QED) is 0.448. The van der Waals surface area contributed by atoms with Gasteiger partial charge in [-0.1, -0.05) is 12.1 Å². The smallest absolute Gasteiger partial charge is 0.120 e. The summed E-state index contributed by atoms with van der Waals surface area (Å²) >= 11 is 0.